The van der Waals surface area contributed by atoms with Crippen LogP contribution in [0.3, 0.4) is 0 Å². The molecule has 2 rings (SSSR count). The van der Waals surface area contributed by atoms with Crippen LogP contribution in [0.15, 0.2) is 0 Å². The Morgan fingerprint density at radius 1 is 1.00 bits per heavy atom. The average Bonchev–Trinajstić information content (AvgIpc) is 2.40. The van der Waals surface area contributed by atoms with Gasteiger partial charge in [-0.05, 0) is 45.2 Å². The van der Waals surface area contributed by atoms with Crippen LogP contribution < -0.4 is 0 Å². The molecule has 0 aromatic carbocycles. The number of hydrogen-bond acceptors (Lipinski definition) is 1. The second-order valence-electron chi connectivity index (χ2n) is 3.84. The molecule has 0 aliphatic heterocycles. The van der Waals surface area contributed by atoms with Crippen molar-refractivity contribution in [3.63, 3.8) is 0 Å². The molecule has 2 aliphatic rings. The van der Waals surface area contributed by atoms with Crippen LogP contribution in [0.1, 0.15) is 19.3 Å². The van der Waals surface area contributed by atoms with Crippen LogP contribution in [-0.4, -0.2) is 25.0 Å². The largest absolute Gasteiger partial charge is 0.306 e. The number of nitrogens with zero attached hydrogens (tertiary/aromatic N) is 1. The van der Waals surface area contributed by atoms with Crippen LogP contribution in [-0.2, 0) is 0 Å². The zero-order valence-electron chi connectivity index (χ0n) is 6.30. The lowest BCUT2D eigenvalue weighted by atomic mass is 10.1. The first-order valence-electron chi connectivity index (χ1n) is 3.94. The summed E-state index contributed by atoms with van der Waals surface area (Å²) in [7, 11) is 4.41. The first-order chi connectivity index (χ1) is 4.27. The molecule has 2 aliphatic carbocycles. The molecule has 2 unspecified atom stereocenters. The van der Waals surface area contributed by atoms with Crippen LogP contribution in [0.5, 0.6) is 0 Å². The van der Waals surface area contributed by atoms with Crippen LogP contribution in [0.4, 0.5) is 0 Å². The maximum atomic E-state index is 2.38. The summed E-state index contributed by atoms with van der Waals surface area (Å²) in [5.74, 6) is 2.27. The van der Waals surface area contributed by atoms with E-state index < -0.39 is 0 Å². The fraction of sp³-hybridized carbons (Fsp3) is 1.00. The highest BCUT2D eigenvalue weighted by atomic mass is 15.1. The summed E-state index contributed by atoms with van der Waals surface area (Å²) in [6.45, 7) is 0. The fourth-order valence-electron chi connectivity index (χ4n) is 2.10. The van der Waals surface area contributed by atoms with Gasteiger partial charge in [0.1, 0.15) is 0 Å². The van der Waals surface area contributed by atoms with E-state index >= 15 is 0 Å². The third kappa shape index (κ3) is 0.877. The Labute approximate surface area is 57.0 Å². The lowest BCUT2D eigenvalue weighted by molar-refractivity contribution is 0.280. The molecule has 0 aromatic rings. The molecule has 0 radical (unpaired) electrons. The molecule has 9 heavy (non-hydrogen) atoms. The van der Waals surface area contributed by atoms with Gasteiger partial charge in [-0.1, -0.05) is 0 Å². The minimum Gasteiger partial charge on any atom is -0.306 e. The molecule has 52 valence electrons. The van der Waals surface area contributed by atoms with Crippen LogP contribution >= 0.6 is 0 Å². The first kappa shape index (κ1) is 5.72. The molecule has 0 aromatic heterocycles. The van der Waals surface area contributed by atoms with Crippen LogP contribution in [0.25, 0.3) is 0 Å². The minimum atomic E-state index is 0.925. The van der Waals surface area contributed by atoms with Crippen molar-refractivity contribution in [2.45, 2.75) is 25.3 Å². The topological polar surface area (TPSA) is 3.24 Å². The van der Waals surface area contributed by atoms with E-state index in [0.29, 0.717) is 0 Å². The van der Waals surface area contributed by atoms with Gasteiger partial charge in [0.25, 0.3) is 0 Å². The lowest BCUT2D eigenvalue weighted by Crippen LogP contribution is -2.25. The zero-order valence-corrected chi connectivity index (χ0v) is 6.30. The summed E-state index contributed by atoms with van der Waals surface area (Å²) in [6.07, 6.45) is 4.51. The standard InChI is InChI=1S/C8H15N/c1-9(2)8-4-6-3-7(6)5-8/h6-8H,3-5H2,1-2H3. The summed E-state index contributed by atoms with van der Waals surface area (Å²) in [6, 6.07) is 0.925. The Bertz CT molecular complexity index is 110. The smallest absolute Gasteiger partial charge is 0.00946 e. The van der Waals surface area contributed by atoms with Crippen molar-refractivity contribution in [1.82, 2.24) is 4.90 Å². The van der Waals surface area contributed by atoms with Crippen molar-refractivity contribution >= 4 is 0 Å². The van der Waals surface area contributed by atoms with Gasteiger partial charge < -0.3 is 4.90 Å². The molecule has 0 bridgehead atoms. The van der Waals surface area contributed by atoms with Crippen LogP contribution in [0.2, 0.25) is 0 Å². The Hall–Kier alpha value is -0.0400. The van der Waals surface area contributed by atoms with Gasteiger partial charge in [0.15, 0.2) is 0 Å². The minimum absolute atomic E-state index is 0.925. The molecular weight excluding hydrogens is 110 g/mol. The quantitative estimate of drug-likeness (QED) is 0.511. The summed E-state index contributed by atoms with van der Waals surface area (Å²) < 4.78 is 0. The third-order valence-electron chi connectivity index (χ3n) is 2.95. The van der Waals surface area contributed by atoms with Crippen LogP contribution in [0, 0.1) is 11.8 Å². The normalized spacial score (nSPS) is 47.7. The van der Waals surface area contributed by atoms with E-state index in [-0.39, 0.29) is 0 Å². The second-order valence-corrected chi connectivity index (χ2v) is 3.84. The Balaban J connectivity index is 1.90. The highest BCUT2D eigenvalue weighted by Gasteiger charge is 2.46. The van der Waals surface area contributed by atoms with E-state index in [1.165, 1.54) is 12.8 Å². The van der Waals surface area contributed by atoms with Gasteiger partial charge in [-0.2, -0.15) is 0 Å². The highest BCUT2D eigenvalue weighted by Crippen LogP contribution is 2.52. The van der Waals surface area contributed by atoms with Crippen molar-refractivity contribution in [3.05, 3.63) is 0 Å². The highest BCUT2D eigenvalue weighted by molar-refractivity contribution is 4.98. The molecule has 0 heterocycles. The fourth-order valence-corrected chi connectivity index (χ4v) is 2.10. The molecule has 2 saturated carbocycles. The monoisotopic (exact) mass is 125 g/mol. The molecule has 0 saturated heterocycles. The van der Waals surface area contributed by atoms with Crippen molar-refractivity contribution in [2.24, 2.45) is 11.8 Å². The predicted octanol–water partition coefficient (Wildman–Crippen LogP) is 1.35. The molecule has 0 spiro atoms. The Morgan fingerprint density at radius 2 is 1.56 bits per heavy atom. The van der Waals surface area contributed by atoms with Crippen molar-refractivity contribution in [1.29, 1.82) is 0 Å². The first-order valence-corrected chi connectivity index (χ1v) is 3.94. The van der Waals surface area contributed by atoms with Crippen molar-refractivity contribution in [2.75, 3.05) is 14.1 Å². The zero-order chi connectivity index (χ0) is 6.43. The van der Waals surface area contributed by atoms with Crippen molar-refractivity contribution < 1.29 is 0 Å². The van der Waals surface area contributed by atoms with Gasteiger partial charge in [-0.25, -0.2) is 0 Å². The Morgan fingerprint density at radius 3 is 1.89 bits per heavy atom. The Kier molecular flexibility index (Phi) is 1.10. The van der Waals surface area contributed by atoms with E-state index in [1.54, 1.807) is 6.42 Å². The molecule has 2 atom stereocenters. The number of fused-ring (bicyclic) bond motifs is 1. The number of hydrogen-bond donors (Lipinski definition) is 0. The summed E-state index contributed by atoms with van der Waals surface area (Å²) >= 11 is 0. The molecule has 0 amide bonds. The molecule has 1 heteroatoms. The van der Waals surface area contributed by atoms with Gasteiger partial charge in [0, 0.05) is 6.04 Å². The van der Waals surface area contributed by atoms with E-state index in [1.807, 2.05) is 0 Å². The third-order valence-corrected chi connectivity index (χ3v) is 2.95. The molecule has 1 nitrogen and oxygen atoms in total. The summed E-state index contributed by atoms with van der Waals surface area (Å²) in [4.78, 5) is 2.38. The van der Waals surface area contributed by atoms with Gasteiger partial charge >= 0.3 is 0 Å². The van der Waals surface area contributed by atoms with Gasteiger partial charge in [-0.15, -0.1) is 0 Å². The second kappa shape index (κ2) is 1.72. The van der Waals surface area contributed by atoms with E-state index in [0.717, 1.165) is 17.9 Å². The van der Waals surface area contributed by atoms with Gasteiger partial charge in [0.05, 0.1) is 0 Å². The average molecular weight is 125 g/mol. The van der Waals surface area contributed by atoms with E-state index in [2.05, 4.69) is 19.0 Å². The SMILES string of the molecule is CN(C)C1CC2CC2C1. The van der Waals surface area contributed by atoms with E-state index in [4.69, 9.17) is 0 Å². The lowest BCUT2D eigenvalue weighted by Gasteiger charge is -2.19. The maximum Gasteiger partial charge on any atom is 0.00946 e. The van der Waals surface area contributed by atoms with Crippen molar-refractivity contribution in [3.8, 4) is 0 Å². The van der Waals surface area contributed by atoms with Gasteiger partial charge in [0.2, 0.25) is 0 Å². The van der Waals surface area contributed by atoms with Gasteiger partial charge in [-0.3, -0.25) is 0 Å². The maximum absolute atomic E-state index is 2.38. The molecule has 2 fully saturated rings. The van der Waals surface area contributed by atoms with E-state index in [9.17, 15) is 0 Å². The molecule has 0 N–H and O–H groups in total. The summed E-state index contributed by atoms with van der Waals surface area (Å²) in [5, 5.41) is 0. The summed E-state index contributed by atoms with van der Waals surface area (Å²) in [5.41, 5.74) is 0. The molecular formula is C8H15N. The predicted molar refractivity (Wildman–Crippen MR) is 38.3 cm³/mol. The number of rotatable bonds is 1.